The molecule has 26 heavy (non-hydrogen) atoms. The first-order valence-electron chi connectivity index (χ1n) is 8.08. The van der Waals surface area contributed by atoms with Gasteiger partial charge in [-0.3, -0.25) is 0 Å². The number of pyridine rings is 1. The van der Waals surface area contributed by atoms with E-state index in [1.54, 1.807) is 30.5 Å². The third-order valence-electron chi connectivity index (χ3n) is 4.34. The lowest BCUT2D eigenvalue weighted by Gasteiger charge is -2.37. The molecule has 1 saturated heterocycles. The number of fused-ring (bicyclic) bond motifs is 1. The molecule has 3 aromatic rings. The monoisotopic (exact) mass is 365 g/mol. The maximum atomic E-state index is 12.8. The van der Waals surface area contributed by atoms with Crippen LogP contribution >= 0.6 is 0 Å². The molecule has 6 nitrogen and oxygen atoms in total. The fourth-order valence-corrected chi connectivity index (χ4v) is 4.42. The second kappa shape index (κ2) is 6.41. The number of hydrogen-bond donors (Lipinski definition) is 0. The average molecular weight is 365 g/mol. The smallest absolute Gasteiger partial charge is 0.243 e. The van der Waals surface area contributed by atoms with E-state index in [9.17, 15) is 8.42 Å². The Morgan fingerprint density at radius 3 is 2.62 bits per heavy atom. The van der Waals surface area contributed by atoms with E-state index in [-0.39, 0.29) is 30.0 Å². The van der Waals surface area contributed by atoms with E-state index in [2.05, 4.69) is 4.98 Å². The van der Waals surface area contributed by atoms with E-state index in [4.69, 9.17) is 10.00 Å². The Hall–Kier alpha value is -2.95. The summed E-state index contributed by atoms with van der Waals surface area (Å²) < 4.78 is 32.6. The zero-order chi connectivity index (χ0) is 18.1. The molecular weight excluding hydrogens is 350 g/mol. The van der Waals surface area contributed by atoms with E-state index < -0.39 is 10.0 Å². The normalized spacial score (nSPS) is 15.3. The molecule has 2 aromatic carbocycles. The van der Waals surface area contributed by atoms with Gasteiger partial charge in [0.1, 0.15) is 17.7 Å². The Morgan fingerprint density at radius 2 is 1.85 bits per heavy atom. The van der Waals surface area contributed by atoms with Gasteiger partial charge in [-0.05, 0) is 35.0 Å². The Kier molecular flexibility index (Phi) is 4.07. The molecule has 1 fully saturated rings. The molecule has 130 valence electrons. The number of ether oxygens (including phenoxy) is 1. The predicted molar refractivity (Wildman–Crippen MR) is 96.1 cm³/mol. The Labute approximate surface area is 151 Å². The van der Waals surface area contributed by atoms with Crippen LogP contribution in [0.2, 0.25) is 0 Å². The van der Waals surface area contributed by atoms with Crippen LogP contribution in [-0.2, 0) is 10.0 Å². The first-order chi connectivity index (χ1) is 12.6. The summed E-state index contributed by atoms with van der Waals surface area (Å²) in [5.74, 6) is 0.239. The minimum atomic E-state index is -3.57. The van der Waals surface area contributed by atoms with Gasteiger partial charge in [0.2, 0.25) is 15.9 Å². The highest BCUT2D eigenvalue weighted by atomic mass is 32.2. The van der Waals surface area contributed by atoms with E-state index in [0.29, 0.717) is 5.56 Å². The van der Waals surface area contributed by atoms with Gasteiger partial charge in [-0.15, -0.1) is 0 Å². The predicted octanol–water partition coefficient (Wildman–Crippen LogP) is 2.56. The van der Waals surface area contributed by atoms with Crippen molar-refractivity contribution < 1.29 is 13.2 Å². The molecule has 1 aliphatic rings. The van der Waals surface area contributed by atoms with Gasteiger partial charge in [0.05, 0.1) is 18.0 Å². The summed E-state index contributed by atoms with van der Waals surface area (Å²) in [4.78, 5) is 4.31. The number of nitrogens with zero attached hydrogens (tertiary/aromatic N) is 3. The molecule has 7 heteroatoms. The lowest BCUT2D eigenvalue weighted by molar-refractivity contribution is 0.0718. The van der Waals surface area contributed by atoms with Crippen LogP contribution in [0.15, 0.2) is 65.7 Å². The molecule has 1 aromatic heterocycles. The topological polar surface area (TPSA) is 83.3 Å². The van der Waals surface area contributed by atoms with Gasteiger partial charge in [-0.25, -0.2) is 13.4 Å². The van der Waals surface area contributed by atoms with Crippen LogP contribution in [0.25, 0.3) is 10.8 Å². The maximum Gasteiger partial charge on any atom is 0.243 e. The molecule has 0 radical (unpaired) electrons. The van der Waals surface area contributed by atoms with Crippen LogP contribution in [0.1, 0.15) is 5.56 Å². The largest absolute Gasteiger partial charge is 0.471 e. The minimum absolute atomic E-state index is 0.233. The summed E-state index contributed by atoms with van der Waals surface area (Å²) in [5.41, 5.74) is 0.336. The number of aromatic nitrogens is 1. The number of rotatable bonds is 4. The molecule has 0 unspecified atom stereocenters. The molecule has 2 heterocycles. The zero-order valence-corrected chi connectivity index (χ0v) is 14.6. The summed E-state index contributed by atoms with van der Waals surface area (Å²) in [7, 11) is -3.57. The number of nitriles is 1. The fraction of sp³-hybridized carbons (Fsp3) is 0.158. The first-order valence-corrected chi connectivity index (χ1v) is 9.53. The van der Waals surface area contributed by atoms with Crippen LogP contribution in [-0.4, -0.2) is 36.9 Å². The molecule has 0 atom stereocenters. The van der Waals surface area contributed by atoms with E-state index in [1.165, 1.54) is 4.31 Å². The highest BCUT2D eigenvalue weighted by Gasteiger charge is 2.38. The van der Waals surface area contributed by atoms with Crippen molar-refractivity contribution in [1.29, 1.82) is 5.26 Å². The number of benzene rings is 2. The van der Waals surface area contributed by atoms with E-state index in [0.717, 1.165) is 10.8 Å². The van der Waals surface area contributed by atoms with Gasteiger partial charge >= 0.3 is 0 Å². The van der Waals surface area contributed by atoms with Crippen LogP contribution in [0.3, 0.4) is 0 Å². The van der Waals surface area contributed by atoms with Crippen LogP contribution in [0.4, 0.5) is 0 Å². The van der Waals surface area contributed by atoms with Crippen molar-refractivity contribution in [2.75, 3.05) is 13.1 Å². The summed E-state index contributed by atoms with van der Waals surface area (Å²) in [6.07, 6.45) is 1.23. The maximum absolute atomic E-state index is 12.8. The van der Waals surface area contributed by atoms with E-state index in [1.807, 2.05) is 36.4 Å². The lowest BCUT2D eigenvalue weighted by atomic mass is 10.1. The Balaban J connectivity index is 1.49. The molecule has 1 aliphatic heterocycles. The minimum Gasteiger partial charge on any atom is -0.471 e. The van der Waals surface area contributed by atoms with Gasteiger partial charge < -0.3 is 4.74 Å². The Morgan fingerprint density at radius 1 is 1.08 bits per heavy atom. The van der Waals surface area contributed by atoms with Crippen LogP contribution in [0.5, 0.6) is 5.88 Å². The Bertz CT molecular complexity index is 1120. The summed E-state index contributed by atoms with van der Waals surface area (Å²) in [5, 5.41) is 10.9. The van der Waals surface area contributed by atoms with Crippen molar-refractivity contribution in [2.45, 2.75) is 11.0 Å². The third-order valence-corrected chi connectivity index (χ3v) is 6.17. The van der Waals surface area contributed by atoms with Crippen molar-refractivity contribution in [2.24, 2.45) is 0 Å². The fourth-order valence-electron chi connectivity index (χ4n) is 2.88. The quantitative estimate of drug-likeness (QED) is 0.709. The van der Waals surface area contributed by atoms with Crippen LogP contribution < -0.4 is 4.74 Å². The van der Waals surface area contributed by atoms with Crippen molar-refractivity contribution >= 4 is 20.8 Å². The van der Waals surface area contributed by atoms with Gasteiger partial charge in [-0.2, -0.15) is 9.57 Å². The standard InChI is InChI=1S/C19H15N3O3S/c20-11-16-6-3-9-21-19(16)25-17-12-22(13-17)26(23,24)18-8-7-14-4-1-2-5-15(14)10-18/h1-10,17H,12-13H2. The van der Waals surface area contributed by atoms with Crippen molar-refractivity contribution in [3.63, 3.8) is 0 Å². The highest BCUT2D eigenvalue weighted by Crippen LogP contribution is 2.27. The number of hydrogen-bond acceptors (Lipinski definition) is 5. The van der Waals surface area contributed by atoms with Gasteiger partial charge in [0.25, 0.3) is 0 Å². The van der Waals surface area contributed by atoms with Gasteiger partial charge in [0.15, 0.2) is 0 Å². The van der Waals surface area contributed by atoms with Gasteiger partial charge in [-0.1, -0.05) is 30.3 Å². The summed E-state index contributed by atoms with van der Waals surface area (Å²) >= 11 is 0. The molecule has 4 rings (SSSR count). The average Bonchev–Trinajstić information content (AvgIpc) is 2.64. The van der Waals surface area contributed by atoms with E-state index >= 15 is 0 Å². The second-order valence-corrected chi connectivity index (χ2v) is 7.98. The second-order valence-electron chi connectivity index (χ2n) is 6.04. The lowest BCUT2D eigenvalue weighted by Crippen LogP contribution is -2.56. The molecule has 0 spiro atoms. The summed E-state index contributed by atoms with van der Waals surface area (Å²) in [6, 6.07) is 18.0. The van der Waals surface area contributed by atoms with Crippen molar-refractivity contribution in [1.82, 2.24) is 9.29 Å². The summed E-state index contributed by atoms with van der Waals surface area (Å²) in [6.45, 7) is 0.465. The highest BCUT2D eigenvalue weighted by molar-refractivity contribution is 7.89. The van der Waals surface area contributed by atoms with Crippen LogP contribution in [0, 0.1) is 11.3 Å². The molecular formula is C19H15N3O3S. The van der Waals surface area contributed by atoms with Crippen molar-refractivity contribution in [3.05, 3.63) is 66.4 Å². The molecule has 0 bridgehead atoms. The zero-order valence-electron chi connectivity index (χ0n) is 13.7. The van der Waals surface area contributed by atoms with Gasteiger partial charge in [0, 0.05) is 6.20 Å². The molecule has 0 N–H and O–H groups in total. The number of sulfonamides is 1. The first kappa shape index (κ1) is 16.5. The van der Waals surface area contributed by atoms with Crippen molar-refractivity contribution in [3.8, 4) is 11.9 Å². The SMILES string of the molecule is N#Cc1cccnc1OC1CN(S(=O)(=O)c2ccc3ccccc3c2)C1. The molecule has 0 aliphatic carbocycles. The molecule has 0 saturated carbocycles. The third kappa shape index (κ3) is 2.90. The molecule has 0 amide bonds.